The monoisotopic (exact) mass is 224 g/mol. The van der Waals surface area contributed by atoms with Gasteiger partial charge in [-0.3, -0.25) is 9.69 Å². The number of carbonyl (C=O) groups excluding carboxylic acids is 1. The summed E-state index contributed by atoms with van der Waals surface area (Å²) in [6.07, 6.45) is 2.09. The van der Waals surface area contributed by atoms with Gasteiger partial charge < -0.3 is 10.6 Å². The molecule has 0 aliphatic carbocycles. The number of nitrogens with one attached hydrogen (secondary N) is 2. The molecule has 0 aromatic carbocycles. The van der Waals surface area contributed by atoms with Crippen LogP contribution in [0.25, 0.3) is 0 Å². The van der Waals surface area contributed by atoms with E-state index in [9.17, 15) is 4.79 Å². The molecule has 0 spiro atoms. The molecule has 0 radical (unpaired) electrons. The molecule has 1 amide bonds. The van der Waals surface area contributed by atoms with Gasteiger partial charge in [0.15, 0.2) is 0 Å². The van der Waals surface area contributed by atoms with E-state index in [4.69, 9.17) is 5.26 Å². The molecule has 0 aromatic rings. The lowest BCUT2D eigenvalue weighted by molar-refractivity contribution is -0.122. The minimum absolute atomic E-state index is 0.0237. The van der Waals surface area contributed by atoms with E-state index >= 15 is 0 Å². The van der Waals surface area contributed by atoms with Crippen LogP contribution >= 0.6 is 0 Å². The van der Waals surface area contributed by atoms with Crippen molar-refractivity contribution in [3.05, 3.63) is 0 Å². The van der Waals surface area contributed by atoms with Gasteiger partial charge in [-0.15, -0.1) is 0 Å². The third kappa shape index (κ3) is 4.17. The Morgan fingerprint density at radius 3 is 3.19 bits per heavy atom. The van der Waals surface area contributed by atoms with E-state index in [1.807, 2.05) is 4.90 Å². The zero-order valence-corrected chi connectivity index (χ0v) is 9.83. The van der Waals surface area contributed by atoms with Gasteiger partial charge in [0.1, 0.15) is 6.04 Å². The maximum absolute atomic E-state index is 11.6. The summed E-state index contributed by atoms with van der Waals surface area (Å²) in [6.45, 7) is 5.43. The van der Waals surface area contributed by atoms with Gasteiger partial charge in [0.2, 0.25) is 5.91 Å². The predicted molar refractivity (Wildman–Crippen MR) is 61.8 cm³/mol. The van der Waals surface area contributed by atoms with Crippen molar-refractivity contribution in [3.8, 4) is 6.07 Å². The molecule has 16 heavy (non-hydrogen) atoms. The maximum Gasteiger partial charge on any atom is 0.234 e. The average molecular weight is 224 g/mol. The topological polar surface area (TPSA) is 68.2 Å². The summed E-state index contributed by atoms with van der Waals surface area (Å²) in [5, 5.41) is 14.9. The summed E-state index contributed by atoms with van der Waals surface area (Å²) in [5.74, 6) is 0.0237. The number of nitrogens with zero attached hydrogens (tertiary/aromatic N) is 2. The Kier molecular flexibility index (Phi) is 5.83. The highest BCUT2D eigenvalue weighted by Gasteiger charge is 2.23. The molecule has 0 bridgehead atoms. The Labute approximate surface area is 96.8 Å². The number of rotatable bonds is 5. The first kappa shape index (κ1) is 12.9. The number of unbranched alkanes of at least 4 members (excludes halogenated alkanes) is 1. The van der Waals surface area contributed by atoms with Crippen LogP contribution in [0, 0.1) is 11.3 Å². The molecule has 2 N–H and O–H groups in total. The van der Waals surface area contributed by atoms with Crippen LogP contribution in [-0.2, 0) is 4.79 Å². The summed E-state index contributed by atoms with van der Waals surface area (Å²) in [6, 6.07) is 2.03. The largest absolute Gasteiger partial charge is 0.355 e. The van der Waals surface area contributed by atoms with Crippen molar-refractivity contribution in [2.45, 2.75) is 25.8 Å². The number of carbonyl (C=O) groups is 1. The fraction of sp³-hybridized carbons (Fsp3) is 0.818. The summed E-state index contributed by atoms with van der Waals surface area (Å²) in [5.41, 5.74) is 0. The molecule has 5 heteroatoms. The van der Waals surface area contributed by atoms with Crippen LogP contribution in [-0.4, -0.2) is 49.6 Å². The fourth-order valence-electron chi connectivity index (χ4n) is 1.71. The highest BCUT2D eigenvalue weighted by atomic mass is 16.2. The Balaban J connectivity index is 2.28. The average Bonchev–Trinajstić information content (AvgIpc) is 2.30. The van der Waals surface area contributed by atoms with Crippen molar-refractivity contribution in [2.24, 2.45) is 0 Å². The molecular formula is C11H20N4O. The third-order valence-electron chi connectivity index (χ3n) is 2.70. The first-order valence-electron chi connectivity index (χ1n) is 5.89. The van der Waals surface area contributed by atoms with E-state index in [1.54, 1.807) is 0 Å². The van der Waals surface area contributed by atoms with Crippen molar-refractivity contribution in [1.82, 2.24) is 15.5 Å². The number of hydrogen-bond acceptors (Lipinski definition) is 4. The molecule has 0 saturated carbocycles. The lowest BCUT2D eigenvalue weighted by Gasteiger charge is -2.31. The van der Waals surface area contributed by atoms with Crippen LogP contribution in [0.5, 0.6) is 0 Å². The summed E-state index contributed by atoms with van der Waals surface area (Å²) in [7, 11) is 0. The van der Waals surface area contributed by atoms with Gasteiger partial charge in [-0.25, -0.2) is 0 Å². The van der Waals surface area contributed by atoms with E-state index < -0.39 is 0 Å². The van der Waals surface area contributed by atoms with Crippen LogP contribution in [0.2, 0.25) is 0 Å². The van der Waals surface area contributed by atoms with Crippen molar-refractivity contribution in [2.75, 3.05) is 32.7 Å². The van der Waals surface area contributed by atoms with Crippen LogP contribution in [0.1, 0.15) is 19.8 Å². The third-order valence-corrected chi connectivity index (χ3v) is 2.70. The zero-order valence-electron chi connectivity index (χ0n) is 9.83. The normalized spacial score (nSPS) is 21.4. The molecule has 1 aliphatic heterocycles. The Hall–Kier alpha value is -1.12. The number of amides is 1. The summed E-state index contributed by atoms with van der Waals surface area (Å²) >= 11 is 0. The van der Waals surface area contributed by atoms with Gasteiger partial charge in [0.05, 0.1) is 12.6 Å². The van der Waals surface area contributed by atoms with Gasteiger partial charge in [-0.2, -0.15) is 5.26 Å². The standard InChI is InChI=1S/C11H20N4O/c1-2-3-4-14-11(16)9-15-6-5-13-8-10(15)7-12/h10,13H,2-6,8-9H2,1H3,(H,14,16). The highest BCUT2D eigenvalue weighted by Crippen LogP contribution is 2.01. The smallest absolute Gasteiger partial charge is 0.234 e. The Morgan fingerprint density at radius 1 is 1.69 bits per heavy atom. The SMILES string of the molecule is CCCCNC(=O)CN1CCNCC1C#N. The predicted octanol–water partition coefficient (Wildman–Crippen LogP) is -0.300. The molecule has 1 saturated heterocycles. The molecule has 1 atom stereocenters. The van der Waals surface area contributed by atoms with Crippen LogP contribution in [0.15, 0.2) is 0 Å². The molecule has 5 nitrogen and oxygen atoms in total. The molecule has 1 fully saturated rings. The second-order valence-electron chi connectivity index (χ2n) is 4.02. The van der Waals surface area contributed by atoms with Crippen molar-refractivity contribution < 1.29 is 4.79 Å². The number of nitriles is 1. The quantitative estimate of drug-likeness (QED) is 0.629. The zero-order chi connectivity index (χ0) is 11.8. The van der Waals surface area contributed by atoms with Crippen LogP contribution < -0.4 is 10.6 Å². The molecular weight excluding hydrogens is 204 g/mol. The molecule has 1 rings (SSSR count). The van der Waals surface area contributed by atoms with Crippen molar-refractivity contribution in [3.63, 3.8) is 0 Å². The van der Waals surface area contributed by atoms with Crippen molar-refractivity contribution >= 4 is 5.91 Å². The molecule has 1 heterocycles. The Morgan fingerprint density at radius 2 is 2.50 bits per heavy atom. The molecule has 90 valence electrons. The maximum atomic E-state index is 11.6. The minimum Gasteiger partial charge on any atom is -0.355 e. The molecule has 1 aliphatic rings. The van der Waals surface area contributed by atoms with Crippen LogP contribution in [0.4, 0.5) is 0 Å². The van der Waals surface area contributed by atoms with Crippen LogP contribution in [0.3, 0.4) is 0 Å². The number of hydrogen-bond donors (Lipinski definition) is 2. The second kappa shape index (κ2) is 7.20. The Bertz CT molecular complexity index is 261. The van der Waals surface area contributed by atoms with Gasteiger partial charge in [0, 0.05) is 26.2 Å². The number of piperazine rings is 1. The van der Waals surface area contributed by atoms with E-state index in [0.29, 0.717) is 13.1 Å². The highest BCUT2D eigenvalue weighted by molar-refractivity contribution is 5.78. The van der Waals surface area contributed by atoms with E-state index in [1.165, 1.54) is 0 Å². The van der Waals surface area contributed by atoms with E-state index in [-0.39, 0.29) is 11.9 Å². The van der Waals surface area contributed by atoms with E-state index in [2.05, 4.69) is 23.6 Å². The first-order valence-corrected chi connectivity index (χ1v) is 5.89. The minimum atomic E-state index is -0.175. The summed E-state index contributed by atoms with van der Waals surface area (Å²) < 4.78 is 0. The lowest BCUT2D eigenvalue weighted by atomic mass is 10.2. The lowest BCUT2D eigenvalue weighted by Crippen LogP contribution is -2.53. The van der Waals surface area contributed by atoms with Crippen molar-refractivity contribution in [1.29, 1.82) is 5.26 Å². The van der Waals surface area contributed by atoms with Gasteiger partial charge >= 0.3 is 0 Å². The molecule has 0 aromatic heterocycles. The summed E-state index contributed by atoms with van der Waals surface area (Å²) in [4.78, 5) is 13.5. The van der Waals surface area contributed by atoms with E-state index in [0.717, 1.165) is 32.5 Å². The van der Waals surface area contributed by atoms with Gasteiger partial charge in [-0.1, -0.05) is 13.3 Å². The first-order chi connectivity index (χ1) is 7.77. The van der Waals surface area contributed by atoms with Gasteiger partial charge in [0.25, 0.3) is 0 Å². The fourth-order valence-corrected chi connectivity index (χ4v) is 1.71. The van der Waals surface area contributed by atoms with Gasteiger partial charge in [-0.05, 0) is 6.42 Å². The second-order valence-corrected chi connectivity index (χ2v) is 4.02. The molecule has 1 unspecified atom stereocenters.